The van der Waals surface area contributed by atoms with E-state index in [0.29, 0.717) is 24.0 Å². The molecule has 3 aromatic rings. The number of aromatic carboxylic acids is 1. The maximum absolute atomic E-state index is 12.0. The number of aromatic amines is 1. The van der Waals surface area contributed by atoms with Crippen LogP contribution in [0.5, 0.6) is 0 Å². The van der Waals surface area contributed by atoms with E-state index in [1.54, 1.807) is 23.0 Å². The van der Waals surface area contributed by atoms with Crippen LogP contribution in [0.1, 0.15) is 16.2 Å². The Bertz CT molecular complexity index is 873. The Morgan fingerprint density at radius 2 is 2.24 bits per heavy atom. The predicted molar refractivity (Wildman–Crippen MR) is 74.2 cm³/mol. The largest absolute Gasteiger partial charge is 0.478 e. The summed E-state index contributed by atoms with van der Waals surface area (Å²) >= 11 is 0. The molecule has 0 aliphatic heterocycles. The number of para-hydroxylation sites is 1. The standard InChI is InChI=1S/C13H13N5O3/c1-17-7-14-16-10(17)5-6-18-11-8(12(19)20)3-2-4-9(11)15-13(18)21/h2-4,7H,5-6H2,1H3,(H,15,21)(H,19,20). The lowest BCUT2D eigenvalue weighted by Gasteiger charge is -2.05. The molecule has 0 aliphatic rings. The third-order valence-electron chi connectivity index (χ3n) is 3.39. The van der Waals surface area contributed by atoms with E-state index in [9.17, 15) is 14.7 Å². The summed E-state index contributed by atoms with van der Waals surface area (Å²) in [5.41, 5.74) is 0.680. The Balaban J connectivity index is 2.05. The smallest absolute Gasteiger partial charge is 0.337 e. The van der Waals surface area contributed by atoms with Gasteiger partial charge in [-0.25, -0.2) is 9.59 Å². The third kappa shape index (κ3) is 2.20. The van der Waals surface area contributed by atoms with Crippen LogP contribution >= 0.6 is 0 Å². The van der Waals surface area contributed by atoms with Crippen molar-refractivity contribution in [2.45, 2.75) is 13.0 Å². The molecule has 0 saturated carbocycles. The molecule has 0 amide bonds. The van der Waals surface area contributed by atoms with Crippen molar-refractivity contribution in [1.29, 1.82) is 0 Å². The molecule has 0 atom stereocenters. The van der Waals surface area contributed by atoms with Gasteiger partial charge in [-0.3, -0.25) is 4.57 Å². The average molecular weight is 287 g/mol. The maximum atomic E-state index is 12.0. The molecular weight excluding hydrogens is 274 g/mol. The molecule has 3 rings (SSSR count). The molecule has 0 aliphatic carbocycles. The van der Waals surface area contributed by atoms with Crippen molar-refractivity contribution in [2.24, 2.45) is 7.05 Å². The summed E-state index contributed by atoms with van der Waals surface area (Å²) in [5.74, 6) is -0.337. The second kappa shape index (κ2) is 4.89. The van der Waals surface area contributed by atoms with Crippen LogP contribution in [0.4, 0.5) is 0 Å². The van der Waals surface area contributed by atoms with E-state index < -0.39 is 5.97 Å². The number of nitrogens with one attached hydrogen (secondary N) is 1. The van der Waals surface area contributed by atoms with Crippen LogP contribution in [0.25, 0.3) is 11.0 Å². The lowest BCUT2D eigenvalue weighted by atomic mass is 10.2. The molecule has 8 heteroatoms. The van der Waals surface area contributed by atoms with Gasteiger partial charge in [0.25, 0.3) is 0 Å². The van der Waals surface area contributed by atoms with Gasteiger partial charge in [-0.05, 0) is 12.1 Å². The molecule has 108 valence electrons. The molecule has 0 saturated heterocycles. The Labute approximate surface area is 118 Å². The minimum atomic E-state index is -1.06. The number of carbonyl (C=O) groups is 1. The normalized spacial score (nSPS) is 11.1. The Hall–Kier alpha value is -2.90. The number of aromatic nitrogens is 5. The zero-order valence-corrected chi connectivity index (χ0v) is 11.3. The number of hydrogen-bond acceptors (Lipinski definition) is 4. The number of hydrogen-bond donors (Lipinski definition) is 2. The Morgan fingerprint density at radius 3 is 2.90 bits per heavy atom. The number of rotatable bonds is 4. The molecule has 0 fully saturated rings. The summed E-state index contributed by atoms with van der Waals surface area (Å²) in [6, 6.07) is 4.77. The van der Waals surface area contributed by atoms with Gasteiger partial charge < -0.3 is 14.7 Å². The fraction of sp³-hybridized carbons (Fsp3) is 0.231. The quantitative estimate of drug-likeness (QED) is 0.722. The second-order valence-electron chi connectivity index (χ2n) is 4.70. The van der Waals surface area contributed by atoms with Gasteiger partial charge in [0.05, 0.1) is 16.6 Å². The number of H-pyrrole nitrogens is 1. The van der Waals surface area contributed by atoms with E-state index in [0.717, 1.165) is 5.82 Å². The minimum Gasteiger partial charge on any atom is -0.478 e. The molecule has 21 heavy (non-hydrogen) atoms. The highest BCUT2D eigenvalue weighted by Gasteiger charge is 2.15. The van der Waals surface area contributed by atoms with E-state index in [2.05, 4.69) is 15.2 Å². The fourth-order valence-corrected chi connectivity index (χ4v) is 2.35. The number of fused-ring (bicyclic) bond motifs is 1. The van der Waals surface area contributed by atoms with Crippen LogP contribution in [0.3, 0.4) is 0 Å². The number of carboxylic acids is 1. The molecule has 2 N–H and O–H groups in total. The Morgan fingerprint density at radius 1 is 1.43 bits per heavy atom. The van der Waals surface area contributed by atoms with Gasteiger partial charge in [0, 0.05) is 20.0 Å². The predicted octanol–water partition coefficient (Wildman–Crippen LogP) is 0.399. The first-order valence-electron chi connectivity index (χ1n) is 6.35. The first kappa shape index (κ1) is 13.1. The van der Waals surface area contributed by atoms with Gasteiger partial charge >= 0.3 is 11.7 Å². The third-order valence-corrected chi connectivity index (χ3v) is 3.39. The van der Waals surface area contributed by atoms with Crippen LogP contribution in [-0.2, 0) is 20.0 Å². The molecule has 0 bridgehead atoms. The van der Waals surface area contributed by atoms with Crippen molar-refractivity contribution in [3.63, 3.8) is 0 Å². The van der Waals surface area contributed by atoms with Crippen molar-refractivity contribution in [2.75, 3.05) is 0 Å². The lowest BCUT2D eigenvalue weighted by Crippen LogP contribution is -2.19. The van der Waals surface area contributed by atoms with Gasteiger partial charge in [0.2, 0.25) is 0 Å². The first-order valence-corrected chi connectivity index (χ1v) is 6.35. The van der Waals surface area contributed by atoms with Crippen LogP contribution in [0, 0.1) is 0 Å². The van der Waals surface area contributed by atoms with E-state index in [-0.39, 0.29) is 11.3 Å². The zero-order chi connectivity index (χ0) is 15.0. The van der Waals surface area contributed by atoms with Gasteiger partial charge in [-0.1, -0.05) is 6.07 Å². The van der Waals surface area contributed by atoms with Crippen molar-refractivity contribution in [1.82, 2.24) is 24.3 Å². The highest BCUT2D eigenvalue weighted by atomic mass is 16.4. The molecule has 0 spiro atoms. The summed E-state index contributed by atoms with van der Waals surface area (Å²) < 4.78 is 3.19. The summed E-state index contributed by atoms with van der Waals surface area (Å²) in [6.45, 7) is 0.329. The second-order valence-corrected chi connectivity index (χ2v) is 4.70. The SMILES string of the molecule is Cn1cnnc1CCn1c(=O)[nH]c2cccc(C(=O)O)c21. The van der Waals surface area contributed by atoms with Crippen molar-refractivity contribution >= 4 is 17.0 Å². The molecule has 0 unspecified atom stereocenters. The number of imidazole rings is 1. The molecule has 2 heterocycles. The van der Waals surface area contributed by atoms with E-state index in [1.807, 2.05) is 7.05 Å². The monoisotopic (exact) mass is 287 g/mol. The van der Waals surface area contributed by atoms with Gasteiger partial charge in [-0.15, -0.1) is 10.2 Å². The van der Waals surface area contributed by atoms with Gasteiger partial charge in [0.1, 0.15) is 12.2 Å². The molecule has 0 radical (unpaired) electrons. The number of carboxylic acid groups (broad SMARTS) is 1. The lowest BCUT2D eigenvalue weighted by molar-refractivity contribution is 0.0698. The highest BCUT2D eigenvalue weighted by Crippen LogP contribution is 2.16. The number of nitrogens with zero attached hydrogens (tertiary/aromatic N) is 4. The fourth-order valence-electron chi connectivity index (χ4n) is 2.35. The number of benzene rings is 1. The topological polar surface area (TPSA) is 106 Å². The molecule has 1 aromatic carbocycles. The van der Waals surface area contributed by atoms with Crippen LogP contribution in [-0.4, -0.2) is 35.4 Å². The van der Waals surface area contributed by atoms with E-state index >= 15 is 0 Å². The van der Waals surface area contributed by atoms with E-state index in [4.69, 9.17) is 0 Å². The summed E-state index contributed by atoms with van der Waals surface area (Å²) in [4.78, 5) is 26.0. The van der Waals surface area contributed by atoms with E-state index in [1.165, 1.54) is 10.6 Å². The minimum absolute atomic E-state index is 0.101. The van der Waals surface area contributed by atoms with Crippen LogP contribution < -0.4 is 5.69 Å². The summed E-state index contributed by atoms with van der Waals surface area (Å²) in [6.07, 6.45) is 2.06. The number of aryl methyl sites for hydroxylation is 3. The molecule has 8 nitrogen and oxygen atoms in total. The first-order chi connectivity index (χ1) is 10.1. The summed E-state index contributed by atoms with van der Waals surface area (Å²) in [5, 5.41) is 17.0. The van der Waals surface area contributed by atoms with Gasteiger partial charge in [-0.2, -0.15) is 0 Å². The zero-order valence-electron chi connectivity index (χ0n) is 11.3. The maximum Gasteiger partial charge on any atom is 0.337 e. The summed E-state index contributed by atoms with van der Waals surface area (Å²) in [7, 11) is 1.82. The Kier molecular flexibility index (Phi) is 3.05. The molecular formula is C13H13N5O3. The molecule has 2 aromatic heterocycles. The van der Waals surface area contributed by atoms with Crippen molar-refractivity contribution < 1.29 is 9.90 Å². The van der Waals surface area contributed by atoms with Crippen LogP contribution in [0.15, 0.2) is 29.3 Å². The van der Waals surface area contributed by atoms with Crippen molar-refractivity contribution in [3.05, 3.63) is 46.4 Å². The van der Waals surface area contributed by atoms with Gasteiger partial charge in [0.15, 0.2) is 0 Å². The highest BCUT2D eigenvalue weighted by molar-refractivity contribution is 6.01. The van der Waals surface area contributed by atoms with Crippen molar-refractivity contribution in [3.8, 4) is 0 Å². The van der Waals surface area contributed by atoms with Crippen LogP contribution in [0.2, 0.25) is 0 Å². The average Bonchev–Trinajstić information content (AvgIpc) is 2.99.